The average molecular weight is 546 g/mol. The molecule has 17 heteroatoms. The minimum atomic E-state index is -4.74. The first-order valence-electron chi connectivity index (χ1n) is 11.9. The van der Waals surface area contributed by atoms with Gasteiger partial charge in [0.15, 0.2) is 0 Å². The zero-order valence-corrected chi connectivity index (χ0v) is 20.7. The topological polar surface area (TPSA) is 214 Å². The number of aliphatic hydroxyl groups excluding tert-OH is 2. The third kappa shape index (κ3) is 3.18. The molecule has 5 aliphatic heterocycles. The van der Waals surface area contributed by atoms with Crippen molar-refractivity contribution >= 4 is 31.7 Å². The van der Waals surface area contributed by atoms with Crippen LogP contribution in [0, 0.1) is 10.8 Å². The summed E-state index contributed by atoms with van der Waals surface area (Å²) in [7, 11) is -4.74. The van der Waals surface area contributed by atoms with E-state index in [0.717, 1.165) is 0 Å². The zero-order chi connectivity index (χ0) is 26.7. The van der Waals surface area contributed by atoms with Crippen molar-refractivity contribution in [1.29, 1.82) is 0 Å². The summed E-state index contributed by atoms with van der Waals surface area (Å²) < 4.78 is 34.6. The fourth-order valence-electron chi connectivity index (χ4n) is 6.76. The number of urea groups is 2. The van der Waals surface area contributed by atoms with E-state index in [9.17, 15) is 38.8 Å². The molecular formula is C20H27N4O12P. The Morgan fingerprint density at radius 3 is 2.03 bits per heavy atom. The number of imide groups is 2. The molecule has 5 saturated heterocycles. The number of hydrogen-bond donors (Lipinski definition) is 5. The van der Waals surface area contributed by atoms with E-state index in [1.54, 1.807) is 0 Å². The first kappa shape index (κ1) is 25.1. The molecule has 6 amide bonds. The van der Waals surface area contributed by atoms with Crippen molar-refractivity contribution < 1.29 is 57.4 Å². The van der Waals surface area contributed by atoms with Crippen molar-refractivity contribution in [2.45, 2.75) is 75.6 Å². The number of phosphoric acid groups is 1. The maximum absolute atomic E-state index is 13.2. The lowest BCUT2D eigenvalue weighted by atomic mass is 9.42. The molecule has 6 rings (SSSR count). The number of carbonyl (C=O) groups excluding carboxylic acids is 4. The third-order valence-corrected chi connectivity index (χ3v) is 9.88. The van der Waals surface area contributed by atoms with E-state index >= 15 is 0 Å². The molecule has 0 aromatic rings. The van der Waals surface area contributed by atoms with Crippen LogP contribution in [-0.2, 0) is 32.7 Å². The summed E-state index contributed by atoms with van der Waals surface area (Å²) >= 11 is 0. The van der Waals surface area contributed by atoms with E-state index in [4.69, 9.17) is 18.5 Å². The highest BCUT2D eigenvalue weighted by atomic mass is 31.2. The van der Waals surface area contributed by atoms with Gasteiger partial charge >= 0.3 is 19.9 Å². The Hall–Kier alpha value is -2.17. The summed E-state index contributed by atoms with van der Waals surface area (Å²) in [5.41, 5.74) is -3.02. The maximum Gasteiger partial charge on any atom is 0.472 e. The second kappa shape index (κ2) is 7.93. The first-order chi connectivity index (χ1) is 17.3. The Labute approximate surface area is 209 Å². The van der Waals surface area contributed by atoms with Crippen LogP contribution in [0.15, 0.2) is 0 Å². The van der Waals surface area contributed by atoms with Gasteiger partial charge in [0.1, 0.15) is 30.8 Å². The van der Waals surface area contributed by atoms with Gasteiger partial charge < -0.3 is 24.6 Å². The van der Waals surface area contributed by atoms with E-state index in [1.165, 1.54) is 23.6 Å². The summed E-state index contributed by atoms with van der Waals surface area (Å²) in [6.45, 7) is 1.84. The van der Waals surface area contributed by atoms with Gasteiger partial charge in [-0.05, 0) is 13.8 Å². The summed E-state index contributed by atoms with van der Waals surface area (Å²) in [5, 5.41) is 24.9. The molecule has 0 spiro atoms. The molecule has 11 atom stereocenters. The monoisotopic (exact) mass is 546 g/mol. The number of amides is 6. The smallest absolute Gasteiger partial charge is 0.394 e. The third-order valence-electron chi connectivity index (χ3n) is 8.87. The van der Waals surface area contributed by atoms with Gasteiger partial charge in [0.05, 0.1) is 42.2 Å². The Bertz CT molecular complexity index is 1140. The van der Waals surface area contributed by atoms with Gasteiger partial charge in [-0.15, -0.1) is 0 Å². The Balaban J connectivity index is 1.49. The molecule has 37 heavy (non-hydrogen) atoms. The molecule has 1 unspecified atom stereocenters. The number of nitrogens with one attached hydrogen (secondary N) is 2. The van der Waals surface area contributed by atoms with Crippen molar-refractivity contribution in [3.63, 3.8) is 0 Å². The summed E-state index contributed by atoms with van der Waals surface area (Å²) in [5.74, 6) is -1.42. The standard InChI is InChI=1S/C20H27N4O12P/c1-19-13-14-20(19,2)16(28)22-18(30)24(14)12-4-8(9(5-25)34-12)36-37(31,32)33-6-10-7(26)3-11(35-10)23(13)17(29)21-15(19)27/h7-14,25-26H,3-6H2,1-2H3,(H,31,32)(H,21,27,29)(H,22,28,30)/t7-,8-,9+,10+,11+,12+,13-,14+,19-,20+/m0/s1. The van der Waals surface area contributed by atoms with Crippen molar-refractivity contribution in [1.82, 2.24) is 20.4 Å². The van der Waals surface area contributed by atoms with E-state index in [2.05, 4.69) is 10.6 Å². The Morgan fingerprint density at radius 2 is 1.49 bits per heavy atom. The van der Waals surface area contributed by atoms with Crippen LogP contribution in [-0.4, -0.2) is 111 Å². The lowest BCUT2D eigenvalue weighted by Gasteiger charge is -2.72. The fraction of sp³-hybridized carbons (Fsp3) is 0.800. The van der Waals surface area contributed by atoms with Crippen LogP contribution in [0.4, 0.5) is 9.59 Å². The Kier molecular flexibility index (Phi) is 5.38. The normalized spacial score (nSPS) is 51.2. The van der Waals surface area contributed by atoms with Gasteiger partial charge in [0, 0.05) is 12.8 Å². The second-order valence-electron chi connectivity index (χ2n) is 10.5. The molecule has 5 N–H and O–H groups in total. The molecule has 204 valence electrons. The summed E-state index contributed by atoms with van der Waals surface area (Å²) in [6.07, 6.45) is -7.24. The second-order valence-corrected chi connectivity index (χ2v) is 11.9. The molecule has 1 saturated carbocycles. The van der Waals surface area contributed by atoms with Crippen LogP contribution in [0.2, 0.25) is 0 Å². The van der Waals surface area contributed by atoms with Gasteiger partial charge in [0.2, 0.25) is 11.8 Å². The minimum Gasteiger partial charge on any atom is -0.394 e. The summed E-state index contributed by atoms with van der Waals surface area (Å²) in [4.78, 5) is 65.5. The number of nitrogens with zero attached hydrogens (tertiary/aromatic N) is 2. The van der Waals surface area contributed by atoms with Gasteiger partial charge in [-0.25, -0.2) is 14.2 Å². The lowest BCUT2D eigenvalue weighted by molar-refractivity contribution is -0.242. The lowest BCUT2D eigenvalue weighted by Crippen LogP contribution is -2.92. The van der Waals surface area contributed by atoms with E-state index in [-0.39, 0.29) is 12.8 Å². The number of fused-ring (bicyclic) bond motifs is 7. The molecule has 4 bridgehead atoms. The van der Waals surface area contributed by atoms with Crippen molar-refractivity contribution in [2.24, 2.45) is 10.8 Å². The predicted octanol–water partition coefficient (Wildman–Crippen LogP) is -2.05. The van der Waals surface area contributed by atoms with Crippen LogP contribution in [0.1, 0.15) is 26.7 Å². The van der Waals surface area contributed by atoms with Gasteiger partial charge in [-0.3, -0.25) is 39.1 Å². The number of ether oxygens (including phenoxy) is 2. The molecule has 0 radical (unpaired) electrons. The molecule has 16 nitrogen and oxygen atoms in total. The Morgan fingerprint density at radius 1 is 0.946 bits per heavy atom. The largest absolute Gasteiger partial charge is 0.472 e. The van der Waals surface area contributed by atoms with Crippen LogP contribution < -0.4 is 10.6 Å². The highest BCUT2D eigenvalue weighted by Crippen LogP contribution is 2.64. The van der Waals surface area contributed by atoms with Gasteiger partial charge in [0.25, 0.3) is 0 Å². The predicted molar refractivity (Wildman–Crippen MR) is 115 cm³/mol. The number of hydrogen-bond acceptors (Lipinski definition) is 11. The summed E-state index contributed by atoms with van der Waals surface area (Å²) in [6, 6.07) is -3.82. The molecule has 0 aromatic heterocycles. The van der Waals surface area contributed by atoms with E-state index in [0.29, 0.717) is 0 Å². The van der Waals surface area contributed by atoms with Crippen molar-refractivity contribution in [2.75, 3.05) is 13.2 Å². The van der Waals surface area contributed by atoms with Crippen LogP contribution >= 0.6 is 7.82 Å². The molecule has 6 fully saturated rings. The highest BCUT2D eigenvalue weighted by Gasteiger charge is 2.82. The molecular weight excluding hydrogens is 519 g/mol. The minimum absolute atomic E-state index is 0.127. The highest BCUT2D eigenvalue weighted by molar-refractivity contribution is 7.47. The van der Waals surface area contributed by atoms with Gasteiger partial charge in [-0.1, -0.05) is 0 Å². The molecule has 5 heterocycles. The number of rotatable bonds is 1. The molecule has 1 aliphatic carbocycles. The van der Waals surface area contributed by atoms with Gasteiger partial charge in [-0.2, -0.15) is 0 Å². The fourth-order valence-corrected chi connectivity index (χ4v) is 7.72. The first-order valence-corrected chi connectivity index (χ1v) is 13.4. The van der Waals surface area contributed by atoms with Crippen LogP contribution in [0.5, 0.6) is 0 Å². The number of aliphatic hydroxyl groups is 2. The van der Waals surface area contributed by atoms with Crippen molar-refractivity contribution in [3.8, 4) is 0 Å². The number of carbonyl (C=O) groups is 4. The molecule has 6 aliphatic rings. The van der Waals surface area contributed by atoms with E-state index < -0.39 is 105 Å². The zero-order valence-electron chi connectivity index (χ0n) is 19.8. The van der Waals surface area contributed by atoms with Crippen LogP contribution in [0.25, 0.3) is 0 Å². The SMILES string of the molecule is C[C@@]12C(=O)NC(=O)N3[C@H]4C[C@H](OP(=O)(O)OC[C@H]5O[C@H](C[C@@H]5O)N5C(=O)NC(=O)[C@]1(C)[C@@H]5[C@@H]32)[C@@H](CO)O4. The molecule has 0 aromatic carbocycles. The quantitative estimate of drug-likeness (QED) is 0.225. The number of phosphoric ester groups is 1. The van der Waals surface area contributed by atoms with Crippen LogP contribution in [0.3, 0.4) is 0 Å². The van der Waals surface area contributed by atoms with Crippen molar-refractivity contribution in [3.05, 3.63) is 0 Å². The maximum atomic E-state index is 13.2. The van der Waals surface area contributed by atoms with E-state index in [1.807, 2.05) is 0 Å². The average Bonchev–Trinajstić information content (AvgIpc) is 3.38.